The second-order valence-corrected chi connectivity index (χ2v) is 14.8. The van der Waals surface area contributed by atoms with Crippen molar-refractivity contribution in [3.05, 3.63) is 57.8 Å². The number of fused-ring (bicyclic) bond motifs is 1. The molecule has 3 aliphatic rings. The van der Waals surface area contributed by atoms with Crippen LogP contribution >= 0.6 is 0 Å². The predicted octanol–water partition coefficient (Wildman–Crippen LogP) is -1.08. The summed E-state index contributed by atoms with van der Waals surface area (Å²) in [5.41, 5.74) is 0.0887. The third-order valence-electron chi connectivity index (χ3n) is 10.4. The van der Waals surface area contributed by atoms with Crippen molar-refractivity contribution in [3.8, 4) is 34.3 Å². The van der Waals surface area contributed by atoms with Crippen LogP contribution in [-0.4, -0.2) is 157 Å². The van der Waals surface area contributed by atoms with Crippen molar-refractivity contribution in [2.24, 2.45) is 0 Å². The van der Waals surface area contributed by atoms with Gasteiger partial charge >= 0.3 is 0 Å². The van der Waals surface area contributed by atoms with Crippen LogP contribution in [0.3, 0.4) is 0 Å². The molecular formula is C39H50O19. The molecule has 58 heavy (non-hydrogen) atoms. The fourth-order valence-corrected chi connectivity index (χ4v) is 6.95. The van der Waals surface area contributed by atoms with Crippen LogP contribution < -0.4 is 19.6 Å². The molecular weight excluding hydrogens is 772 g/mol. The van der Waals surface area contributed by atoms with Crippen LogP contribution in [0, 0.1) is 0 Å². The molecule has 0 spiro atoms. The van der Waals surface area contributed by atoms with Crippen LogP contribution in [0.4, 0.5) is 0 Å². The first-order valence-electron chi connectivity index (χ1n) is 18.6. The summed E-state index contributed by atoms with van der Waals surface area (Å²) >= 11 is 0. The van der Waals surface area contributed by atoms with Gasteiger partial charge in [0.2, 0.25) is 23.8 Å². The van der Waals surface area contributed by atoms with Crippen LogP contribution in [-0.2, 0) is 25.4 Å². The molecule has 0 bridgehead atoms. The lowest BCUT2D eigenvalue weighted by atomic mass is 9.97. The molecule has 4 heterocycles. The number of rotatable bonds is 11. The Labute approximate surface area is 331 Å². The predicted molar refractivity (Wildman–Crippen MR) is 198 cm³/mol. The molecule has 1 aromatic heterocycles. The van der Waals surface area contributed by atoms with E-state index in [1.54, 1.807) is 30.3 Å². The smallest absolute Gasteiger partial charge is 0.239 e. The second kappa shape index (κ2) is 17.7. The molecule has 3 saturated heterocycles. The Bertz CT molecular complexity index is 1980. The Hall–Kier alpha value is -3.93. The van der Waals surface area contributed by atoms with Crippen molar-refractivity contribution in [1.29, 1.82) is 0 Å². The fraction of sp³-hybridized carbons (Fsp3) is 0.564. The summed E-state index contributed by atoms with van der Waals surface area (Å²) in [6, 6.07) is 7.28. The highest BCUT2D eigenvalue weighted by molar-refractivity contribution is 5.91. The molecule has 2 aromatic carbocycles. The summed E-state index contributed by atoms with van der Waals surface area (Å²) in [5, 5.41) is 106. The molecule has 3 aromatic rings. The average molecular weight is 823 g/mol. The lowest BCUT2D eigenvalue weighted by molar-refractivity contribution is -0.346. The lowest BCUT2D eigenvalue weighted by Gasteiger charge is -2.45. The van der Waals surface area contributed by atoms with Gasteiger partial charge in [-0.25, -0.2) is 0 Å². The highest BCUT2D eigenvalue weighted by atomic mass is 16.7. The minimum Gasteiger partial charge on any atom is -0.507 e. The molecule has 3 aliphatic heterocycles. The third kappa shape index (κ3) is 8.41. The number of hydrogen-bond donors (Lipinski definition) is 10. The van der Waals surface area contributed by atoms with E-state index in [1.165, 1.54) is 21.0 Å². The Morgan fingerprint density at radius 1 is 0.759 bits per heavy atom. The number of phenolic OH excluding ortho intramolecular Hbond substituents is 1. The molecule has 320 valence electrons. The number of benzene rings is 2. The van der Waals surface area contributed by atoms with Gasteiger partial charge < -0.3 is 88.6 Å². The largest absolute Gasteiger partial charge is 0.507 e. The molecule has 0 radical (unpaired) electrons. The van der Waals surface area contributed by atoms with E-state index in [-0.39, 0.29) is 34.6 Å². The number of hydrogen-bond acceptors (Lipinski definition) is 19. The summed E-state index contributed by atoms with van der Waals surface area (Å²) in [5.74, 6) is -1.19. The summed E-state index contributed by atoms with van der Waals surface area (Å²) in [6.45, 7) is 5.74. The summed E-state index contributed by atoms with van der Waals surface area (Å²) in [4.78, 5) is 14.6. The number of aliphatic hydroxyl groups excluding tert-OH is 9. The van der Waals surface area contributed by atoms with Crippen molar-refractivity contribution in [2.75, 3.05) is 13.7 Å². The first-order chi connectivity index (χ1) is 27.5. The Morgan fingerprint density at radius 3 is 2.00 bits per heavy atom. The monoisotopic (exact) mass is 822 g/mol. The van der Waals surface area contributed by atoms with Crippen LogP contribution in [0.2, 0.25) is 0 Å². The number of phenols is 1. The molecule has 0 aliphatic carbocycles. The van der Waals surface area contributed by atoms with Gasteiger partial charge in [0.25, 0.3) is 0 Å². The van der Waals surface area contributed by atoms with E-state index in [0.717, 1.165) is 11.6 Å². The lowest BCUT2D eigenvalue weighted by Crippen LogP contribution is -2.63. The SMILES string of the molecule is COc1ccc(-c2oc3c(CC=C(C)C)c(O[C@H]4O[C@H](CO)[C@H](O)[C@H](O)[C@@H]4O)cc(O)c3c(=O)c2O[C@H]2O[C@H](C)[C@H](O)[C@H](O[C@H]3O[C@H](C)[C@@H](O)[C@H](O)[C@@H]3O)[C@@H]2O)cc1. The van der Waals surface area contributed by atoms with Gasteiger partial charge in [0.15, 0.2) is 12.1 Å². The van der Waals surface area contributed by atoms with Crippen molar-refractivity contribution in [2.45, 2.75) is 126 Å². The Morgan fingerprint density at radius 2 is 1.36 bits per heavy atom. The van der Waals surface area contributed by atoms with E-state index in [9.17, 15) is 55.9 Å². The quantitative estimate of drug-likeness (QED) is 0.103. The van der Waals surface area contributed by atoms with Crippen molar-refractivity contribution in [1.82, 2.24) is 0 Å². The van der Waals surface area contributed by atoms with Gasteiger partial charge in [-0.1, -0.05) is 11.6 Å². The zero-order chi connectivity index (χ0) is 42.3. The van der Waals surface area contributed by atoms with Gasteiger partial charge in [0.1, 0.15) is 89.3 Å². The highest BCUT2D eigenvalue weighted by Gasteiger charge is 2.50. The molecule has 6 rings (SSSR count). The number of aromatic hydroxyl groups is 1. The molecule has 0 unspecified atom stereocenters. The van der Waals surface area contributed by atoms with E-state index >= 15 is 0 Å². The van der Waals surface area contributed by atoms with Gasteiger partial charge in [-0.05, 0) is 58.4 Å². The maximum Gasteiger partial charge on any atom is 0.239 e. The summed E-state index contributed by atoms with van der Waals surface area (Å²) in [6.07, 6.45) is -21.9. The maximum absolute atomic E-state index is 14.6. The van der Waals surface area contributed by atoms with Crippen LogP contribution in [0.5, 0.6) is 23.0 Å². The zero-order valence-electron chi connectivity index (χ0n) is 32.2. The number of ether oxygens (including phenoxy) is 7. The van der Waals surface area contributed by atoms with Crippen molar-refractivity contribution < 1.29 is 88.6 Å². The summed E-state index contributed by atoms with van der Waals surface area (Å²) < 4.78 is 46.5. The fourth-order valence-electron chi connectivity index (χ4n) is 6.95. The molecule has 15 atom stereocenters. The first kappa shape index (κ1) is 43.6. The second-order valence-electron chi connectivity index (χ2n) is 14.8. The standard InChI is InChI=1S/C39H50O19/c1-14(2)6-11-19-21(54-38-31(49)29(47)26(44)22(13-40)55-38)12-20(41)23-27(45)36(33(56-34(19)23)17-7-9-18(51-5)10-8-17)58-39-32(50)35(25(43)16(4)53-39)57-37-30(48)28(46)24(42)15(3)52-37/h6-10,12,15-16,22,24-26,28-32,35,37-44,46-50H,11,13H2,1-5H3/t15-,16-,22-,24-,25+,26+,28+,29+,30+,31+,32+,35+,37-,38+,39-/m1/s1. The molecule has 0 saturated carbocycles. The van der Waals surface area contributed by atoms with Crippen LogP contribution in [0.15, 0.2) is 51.2 Å². The van der Waals surface area contributed by atoms with Crippen LogP contribution in [0.1, 0.15) is 33.3 Å². The van der Waals surface area contributed by atoms with Gasteiger partial charge in [0.05, 0.1) is 25.9 Å². The number of allylic oxidation sites excluding steroid dienone is 2. The molecule has 19 nitrogen and oxygen atoms in total. The van der Waals surface area contributed by atoms with E-state index in [2.05, 4.69) is 0 Å². The van der Waals surface area contributed by atoms with E-state index in [0.29, 0.717) is 5.75 Å². The van der Waals surface area contributed by atoms with Crippen molar-refractivity contribution >= 4 is 11.0 Å². The molecule has 0 amide bonds. The Kier molecular flexibility index (Phi) is 13.3. The topological polar surface area (TPSA) is 297 Å². The highest BCUT2D eigenvalue weighted by Crippen LogP contribution is 2.42. The van der Waals surface area contributed by atoms with Gasteiger partial charge in [0, 0.05) is 17.2 Å². The number of aliphatic hydroxyl groups is 9. The van der Waals surface area contributed by atoms with Gasteiger partial charge in [-0.3, -0.25) is 4.79 Å². The zero-order valence-corrected chi connectivity index (χ0v) is 32.2. The van der Waals surface area contributed by atoms with Crippen molar-refractivity contribution in [3.63, 3.8) is 0 Å². The van der Waals surface area contributed by atoms with E-state index in [4.69, 9.17) is 37.6 Å². The molecule has 19 heteroatoms. The molecule has 10 N–H and O–H groups in total. The Balaban J connectivity index is 1.46. The average Bonchev–Trinajstić information content (AvgIpc) is 3.20. The third-order valence-corrected chi connectivity index (χ3v) is 10.4. The number of methoxy groups -OCH3 is 1. The van der Waals surface area contributed by atoms with E-state index in [1.807, 2.05) is 13.8 Å². The minimum absolute atomic E-state index is 0.0232. The van der Waals surface area contributed by atoms with Gasteiger partial charge in [-0.2, -0.15) is 0 Å². The maximum atomic E-state index is 14.6. The van der Waals surface area contributed by atoms with Gasteiger partial charge in [-0.15, -0.1) is 0 Å². The first-order valence-corrected chi connectivity index (χ1v) is 18.6. The van der Waals surface area contributed by atoms with Crippen LogP contribution in [0.25, 0.3) is 22.3 Å². The molecule has 3 fully saturated rings. The summed E-state index contributed by atoms with van der Waals surface area (Å²) in [7, 11) is 1.45. The minimum atomic E-state index is -1.89. The van der Waals surface area contributed by atoms with E-state index < -0.39 is 121 Å². The normalized spacial score (nSPS) is 35.4.